The van der Waals surface area contributed by atoms with E-state index >= 15 is 0 Å². The van der Waals surface area contributed by atoms with Gasteiger partial charge in [-0.15, -0.1) is 0 Å². The summed E-state index contributed by atoms with van der Waals surface area (Å²) in [6.45, 7) is 3.84. The van der Waals surface area contributed by atoms with Crippen LogP contribution in [0.2, 0.25) is 0 Å². The Labute approximate surface area is 160 Å². The second-order valence-electron chi connectivity index (χ2n) is 5.48. The average molecular weight is 442 g/mol. The molecule has 0 aliphatic heterocycles. The quantitative estimate of drug-likeness (QED) is 0.713. The predicted octanol–water partition coefficient (Wildman–Crippen LogP) is 2.28. The SMILES string of the molecule is CCN(CC)S(=O)(=O)c1ccc(=O)n(CC(=O)Nc2ccc(Br)cc2)c1. The number of sulfonamides is 1. The molecule has 0 saturated carbocycles. The number of rotatable bonds is 7. The van der Waals surface area contributed by atoms with E-state index < -0.39 is 21.5 Å². The van der Waals surface area contributed by atoms with Crippen molar-refractivity contribution in [2.24, 2.45) is 0 Å². The third-order valence-electron chi connectivity index (χ3n) is 3.74. The fourth-order valence-corrected chi connectivity index (χ4v) is 4.13. The number of carbonyl (C=O) groups is 1. The van der Waals surface area contributed by atoms with Gasteiger partial charge in [0.25, 0.3) is 5.56 Å². The number of halogens is 1. The lowest BCUT2D eigenvalue weighted by Crippen LogP contribution is -2.33. The maximum Gasteiger partial charge on any atom is 0.251 e. The van der Waals surface area contributed by atoms with Gasteiger partial charge in [0.15, 0.2) is 0 Å². The Balaban J connectivity index is 2.23. The summed E-state index contributed by atoms with van der Waals surface area (Å²) in [7, 11) is -3.70. The van der Waals surface area contributed by atoms with E-state index in [-0.39, 0.29) is 11.4 Å². The number of anilines is 1. The zero-order valence-electron chi connectivity index (χ0n) is 14.5. The van der Waals surface area contributed by atoms with Crippen LogP contribution in [-0.2, 0) is 21.4 Å². The highest BCUT2D eigenvalue weighted by molar-refractivity contribution is 9.10. The molecule has 0 saturated heterocycles. The van der Waals surface area contributed by atoms with Gasteiger partial charge < -0.3 is 9.88 Å². The van der Waals surface area contributed by atoms with Crippen molar-refractivity contribution in [1.29, 1.82) is 0 Å². The van der Waals surface area contributed by atoms with Crippen molar-refractivity contribution in [1.82, 2.24) is 8.87 Å². The number of nitrogens with one attached hydrogen (secondary N) is 1. The Bertz CT molecular complexity index is 935. The van der Waals surface area contributed by atoms with Gasteiger partial charge in [0.1, 0.15) is 6.54 Å². The van der Waals surface area contributed by atoms with Crippen LogP contribution in [0.3, 0.4) is 0 Å². The lowest BCUT2D eigenvalue weighted by atomic mass is 10.3. The molecule has 0 spiro atoms. The molecule has 0 unspecified atom stereocenters. The standard InChI is InChI=1S/C17H20BrN3O4S/c1-3-21(4-2)26(24,25)15-9-10-17(23)20(11-15)12-16(22)19-14-7-5-13(18)6-8-14/h5-11H,3-4,12H2,1-2H3,(H,19,22). The molecule has 0 atom stereocenters. The second kappa shape index (κ2) is 8.61. The van der Waals surface area contributed by atoms with E-state index in [2.05, 4.69) is 21.2 Å². The van der Waals surface area contributed by atoms with E-state index in [1.807, 2.05) is 0 Å². The lowest BCUT2D eigenvalue weighted by Gasteiger charge is -2.19. The zero-order chi connectivity index (χ0) is 19.3. The first-order valence-electron chi connectivity index (χ1n) is 8.04. The van der Waals surface area contributed by atoms with E-state index in [0.29, 0.717) is 18.8 Å². The summed E-state index contributed by atoms with van der Waals surface area (Å²) in [5.74, 6) is -0.424. The first kappa shape index (κ1) is 20.3. The summed E-state index contributed by atoms with van der Waals surface area (Å²) in [5.41, 5.74) is 0.132. The Hall–Kier alpha value is -1.97. The molecule has 1 N–H and O–H groups in total. The third-order valence-corrected chi connectivity index (χ3v) is 6.30. The van der Waals surface area contributed by atoms with E-state index in [4.69, 9.17) is 0 Å². The third kappa shape index (κ3) is 4.80. The molecule has 140 valence electrons. The van der Waals surface area contributed by atoms with Gasteiger partial charge >= 0.3 is 0 Å². The molecule has 0 fully saturated rings. The Morgan fingerprint density at radius 3 is 2.31 bits per heavy atom. The molecule has 2 aromatic rings. The summed E-state index contributed by atoms with van der Waals surface area (Å²) in [6.07, 6.45) is 1.21. The Kier molecular flexibility index (Phi) is 6.74. The molecule has 0 bridgehead atoms. The molecular weight excluding hydrogens is 422 g/mol. The Morgan fingerprint density at radius 1 is 1.12 bits per heavy atom. The highest BCUT2D eigenvalue weighted by atomic mass is 79.9. The largest absolute Gasteiger partial charge is 0.325 e. The van der Waals surface area contributed by atoms with Gasteiger partial charge in [-0.2, -0.15) is 4.31 Å². The normalized spacial score (nSPS) is 11.5. The van der Waals surface area contributed by atoms with Crippen molar-refractivity contribution >= 4 is 37.5 Å². The zero-order valence-corrected chi connectivity index (χ0v) is 16.9. The van der Waals surface area contributed by atoms with Gasteiger partial charge in [-0.05, 0) is 30.3 Å². The van der Waals surface area contributed by atoms with Crippen LogP contribution in [0.1, 0.15) is 13.8 Å². The summed E-state index contributed by atoms with van der Waals surface area (Å²) < 4.78 is 28.4. The van der Waals surface area contributed by atoms with Crippen molar-refractivity contribution in [3.05, 3.63) is 57.4 Å². The minimum absolute atomic E-state index is 0.0164. The van der Waals surface area contributed by atoms with Crippen molar-refractivity contribution in [2.75, 3.05) is 18.4 Å². The number of carbonyl (C=O) groups excluding carboxylic acids is 1. The number of nitrogens with zero attached hydrogens (tertiary/aromatic N) is 2. The van der Waals surface area contributed by atoms with E-state index in [1.54, 1.807) is 38.1 Å². The minimum atomic E-state index is -3.70. The van der Waals surface area contributed by atoms with Crippen LogP contribution < -0.4 is 10.9 Å². The molecule has 1 aromatic carbocycles. The van der Waals surface area contributed by atoms with Crippen LogP contribution >= 0.6 is 15.9 Å². The lowest BCUT2D eigenvalue weighted by molar-refractivity contribution is -0.116. The molecular formula is C17H20BrN3O4S. The number of hydrogen-bond acceptors (Lipinski definition) is 4. The number of amides is 1. The molecule has 2 rings (SSSR count). The maximum atomic E-state index is 12.6. The number of hydrogen-bond donors (Lipinski definition) is 1. The number of benzene rings is 1. The van der Waals surface area contributed by atoms with Crippen LogP contribution in [0.4, 0.5) is 5.69 Å². The van der Waals surface area contributed by atoms with Gasteiger partial charge in [-0.1, -0.05) is 29.8 Å². The molecule has 1 aromatic heterocycles. The molecule has 1 heterocycles. The van der Waals surface area contributed by atoms with Crippen molar-refractivity contribution < 1.29 is 13.2 Å². The summed E-state index contributed by atoms with van der Waals surface area (Å²) in [4.78, 5) is 24.2. The molecule has 1 amide bonds. The van der Waals surface area contributed by atoms with Gasteiger partial charge in [0, 0.05) is 35.5 Å². The number of pyridine rings is 1. The molecule has 9 heteroatoms. The highest BCUT2D eigenvalue weighted by Gasteiger charge is 2.22. The van der Waals surface area contributed by atoms with Crippen LogP contribution in [0.25, 0.3) is 0 Å². The van der Waals surface area contributed by atoms with Crippen LogP contribution in [-0.4, -0.2) is 36.3 Å². The Morgan fingerprint density at radius 2 is 1.73 bits per heavy atom. The summed E-state index contributed by atoms with van der Waals surface area (Å²) in [5, 5.41) is 2.67. The van der Waals surface area contributed by atoms with Crippen molar-refractivity contribution in [2.45, 2.75) is 25.3 Å². The smallest absolute Gasteiger partial charge is 0.251 e. The van der Waals surface area contributed by atoms with Crippen molar-refractivity contribution in [3.63, 3.8) is 0 Å². The summed E-state index contributed by atoms with van der Waals surface area (Å²) >= 11 is 3.31. The van der Waals surface area contributed by atoms with Gasteiger partial charge in [0.05, 0.1) is 4.90 Å². The molecule has 0 aliphatic rings. The summed E-state index contributed by atoms with van der Waals surface area (Å²) in [6, 6.07) is 9.40. The minimum Gasteiger partial charge on any atom is -0.325 e. The average Bonchev–Trinajstić information content (AvgIpc) is 2.59. The molecule has 0 radical (unpaired) electrons. The first-order valence-corrected chi connectivity index (χ1v) is 10.3. The van der Waals surface area contributed by atoms with E-state index in [9.17, 15) is 18.0 Å². The monoisotopic (exact) mass is 441 g/mol. The fourth-order valence-electron chi connectivity index (χ4n) is 2.39. The topological polar surface area (TPSA) is 88.5 Å². The van der Waals surface area contributed by atoms with E-state index in [0.717, 1.165) is 15.1 Å². The maximum absolute atomic E-state index is 12.6. The molecule has 7 nitrogen and oxygen atoms in total. The second-order valence-corrected chi connectivity index (χ2v) is 8.33. The molecule has 0 aliphatic carbocycles. The molecule has 26 heavy (non-hydrogen) atoms. The number of aromatic nitrogens is 1. The van der Waals surface area contributed by atoms with Crippen molar-refractivity contribution in [3.8, 4) is 0 Å². The van der Waals surface area contributed by atoms with Crippen LogP contribution in [0.5, 0.6) is 0 Å². The van der Waals surface area contributed by atoms with Gasteiger partial charge in [-0.25, -0.2) is 8.42 Å². The van der Waals surface area contributed by atoms with Gasteiger partial charge in [-0.3, -0.25) is 9.59 Å². The van der Waals surface area contributed by atoms with Gasteiger partial charge in [0.2, 0.25) is 15.9 Å². The van der Waals surface area contributed by atoms with Crippen LogP contribution in [0, 0.1) is 0 Å². The first-order chi connectivity index (χ1) is 12.3. The predicted molar refractivity (Wildman–Crippen MR) is 104 cm³/mol. The van der Waals surface area contributed by atoms with Crippen LogP contribution in [0.15, 0.2) is 56.8 Å². The fraction of sp³-hybridized carbons (Fsp3) is 0.294. The van der Waals surface area contributed by atoms with E-state index in [1.165, 1.54) is 16.6 Å². The highest BCUT2D eigenvalue weighted by Crippen LogP contribution is 2.15.